The van der Waals surface area contributed by atoms with Crippen LogP contribution in [0, 0.1) is 0 Å². The van der Waals surface area contributed by atoms with Crippen molar-refractivity contribution in [1.29, 1.82) is 0 Å². The summed E-state index contributed by atoms with van der Waals surface area (Å²) in [5.74, 6) is -1.03. The Bertz CT molecular complexity index is 244. The molecule has 1 saturated heterocycles. The summed E-state index contributed by atoms with van der Waals surface area (Å²) in [6.45, 7) is 0.798. The molecule has 86 valence electrons. The van der Waals surface area contributed by atoms with E-state index < -0.39 is 12.1 Å². The number of hydrogen-bond acceptors (Lipinski definition) is 4. The van der Waals surface area contributed by atoms with Crippen molar-refractivity contribution >= 4 is 11.9 Å². The second kappa shape index (κ2) is 5.67. The summed E-state index contributed by atoms with van der Waals surface area (Å²) in [5, 5.41) is 23.0. The molecule has 1 rings (SSSR count). The molecule has 1 fully saturated rings. The number of aliphatic carboxylic acids is 1. The molecule has 1 aliphatic heterocycles. The van der Waals surface area contributed by atoms with E-state index in [1.54, 1.807) is 0 Å². The quantitative estimate of drug-likeness (QED) is 0.428. The molecule has 0 aromatic carbocycles. The molecule has 0 saturated carbocycles. The number of carboxylic acids is 1. The summed E-state index contributed by atoms with van der Waals surface area (Å²) >= 11 is 0. The SMILES string of the molecule is O=C(O)CCCNC(=O)C1CC(O)CN1. The van der Waals surface area contributed by atoms with E-state index in [1.165, 1.54) is 0 Å². The van der Waals surface area contributed by atoms with Crippen molar-refractivity contribution in [2.45, 2.75) is 31.4 Å². The van der Waals surface area contributed by atoms with Crippen LogP contribution in [-0.4, -0.2) is 47.3 Å². The van der Waals surface area contributed by atoms with Gasteiger partial charge in [0.1, 0.15) is 0 Å². The summed E-state index contributed by atoms with van der Waals surface area (Å²) in [6.07, 6.45) is 0.446. The van der Waals surface area contributed by atoms with Crippen molar-refractivity contribution in [3.63, 3.8) is 0 Å². The maximum absolute atomic E-state index is 11.4. The lowest BCUT2D eigenvalue weighted by atomic mass is 10.2. The first-order chi connectivity index (χ1) is 7.09. The Balaban J connectivity index is 2.11. The van der Waals surface area contributed by atoms with Crippen LogP contribution in [0.5, 0.6) is 0 Å². The van der Waals surface area contributed by atoms with E-state index in [0.717, 1.165) is 0 Å². The lowest BCUT2D eigenvalue weighted by Crippen LogP contribution is -2.40. The molecular weight excluding hydrogens is 200 g/mol. The number of hydrogen-bond donors (Lipinski definition) is 4. The second-order valence-electron chi connectivity index (χ2n) is 3.64. The standard InChI is InChI=1S/C9H16N2O4/c12-6-4-7(11-5-6)9(15)10-3-1-2-8(13)14/h6-7,11-12H,1-5H2,(H,10,15)(H,13,14). The summed E-state index contributed by atoms with van der Waals surface area (Å²) in [5.41, 5.74) is 0. The largest absolute Gasteiger partial charge is 0.481 e. The molecule has 0 aromatic heterocycles. The maximum atomic E-state index is 11.4. The number of carbonyl (C=O) groups excluding carboxylic acids is 1. The zero-order chi connectivity index (χ0) is 11.3. The van der Waals surface area contributed by atoms with Crippen LogP contribution >= 0.6 is 0 Å². The van der Waals surface area contributed by atoms with E-state index in [4.69, 9.17) is 5.11 Å². The number of aliphatic hydroxyl groups excluding tert-OH is 1. The number of aliphatic hydroxyl groups is 1. The molecule has 0 aliphatic carbocycles. The first kappa shape index (κ1) is 11.9. The summed E-state index contributed by atoms with van der Waals surface area (Å²) in [7, 11) is 0. The lowest BCUT2D eigenvalue weighted by Gasteiger charge is -2.10. The average molecular weight is 216 g/mol. The second-order valence-corrected chi connectivity index (χ2v) is 3.64. The van der Waals surface area contributed by atoms with Crippen molar-refractivity contribution in [3.05, 3.63) is 0 Å². The first-order valence-corrected chi connectivity index (χ1v) is 5.00. The van der Waals surface area contributed by atoms with Gasteiger partial charge in [-0.2, -0.15) is 0 Å². The molecule has 0 radical (unpaired) electrons. The van der Waals surface area contributed by atoms with E-state index in [1.807, 2.05) is 0 Å². The third kappa shape index (κ3) is 4.26. The van der Waals surface area contributed by atoms with Crippen LogP contribution in [0.15, 0.2) is 0 Å². The number of β-amino-alcohol motifs (C(OH)–C–C–N with tert-alkyl or cyclic N) is 1. The number of rotatable bonds is 5. The molecule has 0 aromatic rings. The van der Waals surface area contributed by atoms with Gasteiger partial charge in [-0.25, -0.2) is 0 Å². The molecule has 0 bridgehead atoms. The molecule has 6 nitrogen and oxygen atoms in total. The van der Waals surface area contributed by atoms with Gasteiger partial charge in [-0.1, -0.05) is 0 Å². The normalized spacial score (nSPS) is 25.1. The third-order valence-electron chi connectivity index (χ3n) is 2.29. The van der Waals surface area contributed by atoms with Gasteiger partial charge >= 0.3 is 5.97 Å². The van der Waals surface area contributed by atoms with Crippen LogP contribution in [0.2, 0.25) is 0 Å². The summed E-state index contributed by atoms with van der Waals surface area (Å²) in [4.78, 5) is 21.6. The predicted molar refractivity (Wildman–Crippen MR) is 52.3 cm³/mol. The van der Waals surface area contributed by atoms with Gasteiger partial charge in [0, 0.05) is 19.5 Å². The van der Waals surface area contributed by atoms with E-state index in [9.17, 15) is 14.7 Å². The van der Waals surface area contributed by atoms with E-state index >= 15 is 0 Å². The highest BCUT2D eigenvalue weighted by molar-refractivity contribution is 5.82. The molecule has 2 atom stereocenters. The van der Waals surface area contributed by atoms with Crippen molar-refractivity contribution < 1.29 is 19.8 Å². The van der Waals surface area contributed by atoms with Crippen molar-refractivity contribution in [2.24, 2.45) is 0 Å². The van der Waals surface area contributed by atoms with Crippen LogP contribution in [-0.2, 0) is 9.59 Å². The first-order valence-electron chi connectivity index (χ1n) is 5.00. The summed E-state index contributed by atoms with van der Waals surface area (Å²) < 4.78 is 0. The number of carbonyl (C=O) groups is 2. The monoisotopic (exact) mass is 216 g/mol. The number of carboxylic acid groups (broad SMARTS) is 1. The number of amides is 1. The molecule has 6 heteroatoms. The van der Waals surface area contributed by atoms with Gasteiger partial charge in [0.2, 0.25) is 5.91 Å². The van der Waals surface area contributed by atoms with Crippen LogP contribution in [0.3, 0.4) is 0 Å². The Kier molecular flexibility index (Phi) is 4.51. The van der Waals surface area contributed by atoms with Gasteiger partial charge in [0.25, 0.3) is 0 Å². The Hall–Kier alpha value is -1.14. The van der Waals surface area contributed by atoms with Gasteiger partial charge < -0.3 is 20.8 Å². The smallest absolute Gasteiger partial charge is 0.303 e. The minimum absolute atomic E-state index is 0.0565. The van der Waals surface area contributed by atoms with Crippen LogP contribution in [0.4, 0.5) is 0 Å². The van der Waals surface area contributed by atoms with Crippen LogP contribution < -0.4 is 10.6 Å². The van der Waals surface area contributed by atoms with E-state index in [2.05, 4.69) is 10.6 Å². The fraction of sp³-hybridized carbons (Fsp3) is 0.778. The van der Waals surface area contributed by atoms with Gasteiger partial charge in [-0.15, -0.1) is 0 Å². The highest BCUT2D eigenvalue weighted by Gasteiger charge is 2.27. The molecular formula is C9H16N2O4. The molecule has 15 heavy (non-hydrogen) atoms. The zero-order valence-electron chi connectivity index (χ0n) is 8.40. The van der Waals surface area contributed by atoms with Crippen LogP contribution in [0.25, 0.3) is 0 Å². The molecule has 4 N–H and O–H groups in total. The van der Waals surface area contributed by atoms with Gasteiger partial charge in [-0.3, -0.25) is 9.59 Å². The van der Waals surface area contributed by atoms with E-state index in [-0.39, 0.29) is 18.4 Å². The van der Waals surface area contributed by atoms with Gasteiger partial charge in [0.15, 0.2) is 0 Å². The number of nitrogens with one attached hydrogen (secondary N) is 2. The van der Waals surface area contributed by atoms with Gasteiger partial charge in [-0.05, 0) is 12.8 Å². The van der Waals surface area contributed by atoms with Crippen molar-refractivity contribution in [2.75, 3.05) is 13.1 Å². The van der Waals surface area contributed by atoms with Crippen molar-refractivity contribution in [3.8, 4) is 0 Å². The fourth-order valence-electron chi connectivity index (χ4n) is 1.49. The lowest BCUT2D eigenvalue weighted by molar-refractivity contribution is -0.137. The minimum Gasteiger partial charge on any atom is -0.481 e. The average Bonchev–Trinajstić information content (AvgIpc) is 2.59. The minimum atomic E-state index is -0.862. The van der Waals surface area contributed by atoms with Crippen LogP contribution in [0.1, 0.15) is 19.3 Å². The molecule has 1 amide bonds. The summed E-state index contributed by atoms with van der Waals surface area (Å²) in [6, 6.07) is -0.343. The van der Waals surface area contributed by atoms with Crippen molar-refractivity contribution in [1.82, 2.24) is 10.6 Å². The highest BCUT2D eigenvalue weighted by atomic mass is 16.4. The topological polar surface area (TPSA) is 98.7 Å². The Morgan fingerprint density at radius 3 is 2.73 bits per heavy atom. The molecule has 0 spiro atoms. The predicted octanol–water partition coefficient (Wildman–Crippen LogP) is -1.31. The van der Waals surface area contributed by atoms with E-state index in [0.29, 0.717) is 25.9 Å². The third-order valence-corrected chi connectivity index (χ3v) is 2.29. The molecule has 2 unspecified atom stereocenters. The fourth-order valence-corrected chi connectivity index (χ4v) is 1.49. The Morgan fingerprint density at radius 1 is 1.47 bits per heavy atom. The Morgan fingerprint density at radius 2 is 2.20 bits per heavy atom. The Labute approximate surface area is 87.7 Å². The molecule has 1 heterocycles. The maximum Gasteiger partial charge on any atom is 0.303 e. The zero-order valence-corrected chi connectivity index (χ0v) is 8.40. The highest BCUT2D eigenvalue weighted by Crippen LogP contribution is 2.05. The molecule has 1 aliphatic rings. The van der Waals surface area contributed by atoms with Gasteiger partial charge in [0.05, 0.1) is 12.1 Å².